The van der Waals surface area contributed by atoms with Crippen LogP contribution in [-0.2, 0) is 0 Å². The predicted octanol–water partition coefficient (Wildman–Crippen LogP) is 11.0. The third-order valence-corrected chi connectivity index (χ3v) is 9.43. The summed E-state index contributed by atoms with van der Waals surface area (Å²) in [6.07, 6.45) is 0. The van der Waals surface area contributed by atoms with Crippen molar-refractivity contribution in [3.63, 3.8) is 0 Å². The molecule has 0 atom stereocenters. The van der Waals surface area contributed by atoms with Crippen LogP contribution in [0.3, 0.4) is 0 Å². The molecule has 2 aromatic heterocycles. The van der Waals surface area contributed by atoms with Crippen molar-refractivity contribution in [3.05, 3.63) is 169 Å². The van der Waals surface area contributed by atoms with Gasteiger partial charge in [-0.2, -0.15) is 10.5 Å². The quantitative estimate of drug-likeness (QED) is 0.199. The van der Waals surface area contributed by atoms with Gasteiger partial charge in [-0.1, -0.05) is 109 Å². The fourth-order valence-corrected chi connectivity index (χ4v) is 7.32. The highest BCUT2D eigenvalue weighted by molar-refractivity contribution is 6.10. The molecule has 0 aliphatic rings. The maximum Gasteiger partial charge on any atom is 0.101 e. The van der Waals surface area contributed by atoms with Gasteiger partial charge in [0.05, 0.1) is 50.6 Å². The minimum Gasteiger partial charge on any atom is -0.309 e. The molecule has 0 amide bonds. The third kappa shape index (κ3) is 4.07. The van der Waals surface area contributed by atoms with E-state index in [0.717, 1.165) is 66.5 Å². The average Bonchev–Trinajstić information content (AvgIpc) is 3.67. The zero-order valence-electron chi connectivity index (χ0n) is 25.8. The third-order valence-electron chi connectivity index (χ3n) is 9.43. The average molecular weight is 611 g/mol. The van der Waals surface area contributed by atoms with Gasteiger partial charge < -0.3 is 9.13 Å². The Bertz CT molecular complexity index is 2710. The number of nitrogens with zero attached hydrogens (tertiary/aromatic N) is 4. The molecule has 48 heavy (non-hydrogen) atoms. The van der Waals surface area contributed by atoms with Crippen LogP contribution < -0.4 is 0 Å². The Kier molecular flexibility index (Phi) is 6.22. The molecule has 0 aliphatic heterocycles. The second kappa shape index (κ2) is 10.9. The predicted molar refractivity (Wildman–Crippen MR) is 195 cm³/mol. The second-order valence-corrected chi connectivity index (χ2v) is 12.0. The smallest absolute Gasteiger partial charge is 0.101 e. The number of para-hydroxylation sites is 5. The van der Waals surface area contributed by atoms with E-state index in [9.17, 15) is 10.5 Å². The van der Waals surface area contributed by atoms with Crippen LogP contribution in [0.15, 0.2) is 158 Å². The first-order valence-corrected chi connectivity index (χ1v) is 15.9. The van der Waals surface area contributed by atoms with Gasteiger partial charge in [-0.3, -0.25) is 0 Å². The van der Waals surface area contributed by atoms with Crippen molar-refractivity contribution in [1.29, 1.82) is 10.5 Å². The molecule has 0 aliphatic carbocycles. The van der Waals surface area contributed by atoms with E-state index in [0.29, 0.717) is 11.1 Å². The van der Waals surface area contributed by atoms with Crippen molar-refractivity contribution in [3.8, 4) is 45.8 Å². The molecule has 222 valence electrons. The number of fused-ring (bicyclic) bond motifs is 6. The van der Waals surface area contributed by atoms with Crippen molar-refractivity contribution in [2.45, 2.75) is 0 Å². The zero-order chi connectivity index (χ0) is 32.2. The van der Waals surface area contributed by atoms with Crippen LogP contribution in [0.25, 0.3) is 77.2 Å². The second-order valence-electron chi connectivity index (χ2n) is 12.0. The maximum absolute atomic E-state index is 10.4. The lowest BCUT2D eigenvalue weighted by Crippen LogP contribution is -1.99. The Hall–Kier alpha value is -6.88. The van der Waals surface area contributed by atoms with Crippen molar-refractivity contribution in [2.24, 2.45) is 0 Å². The fraction of sp³-hybridized carbons (Fsp3) is 0. The minimum absolute atomic E-state index is 0.545. The van der Waals surface area contributed by atoms with Crippen molar-refractivity contribution >= 4 is 43.6 Å². The van der Waals surface area contributed by atoms with Gasteiger partial charge in [-0.05, 0) is 65.2 Å². The van der Waals surface area contributed by atoms with Crippen molar-refractivity contribution in [2.75, 3.05) is 0 Å². The lowest BCUT2D eigenvalue weighted by atomic mass is 9.93. The molecule has 0 radical (unpaired) electrons. The van der Waals surface area contributed by atoms with Crippen LogP contribution in [0.5, 0.6) is 0 Å². The molecular weight excluding hydrogens is 585 g/mol. The SMILES string of the molecule is N#Cc1cc(-c2ccccc2-n2c3ccccc3c3ccccc32)ccc1-c1ccc(-n2c3ccccc3c3ccccc32)c(C#N)c1. The zero-order valence-corrected chi connectivity index (χ0v) is 25.8. The van der Waals surface area contributed by atoms with Crippen LogP contribution in [-0.4, -0.2) is 9.13 Å². The van der Waals surface area contributed by atoms with E-state index in [-0.39, 0.29) is 0 Å². The Balaban J connectivity index is 1.18. The van der Waals surface area contributed by atoms with Crippen LogP contribution in [0.2, 0.25) is 0 Å². The molecule has 0 unspecified atom stereocenters. The van der Waals surface area contributed by atoms with Gasteiger partial charge in [0.2, 0.25) is 0 Å². The summed E-state index contributed by atoms with van der Waals surface area (Å²) in [7, 11) is 0. The summed E-state index contributed by atoms with van der Waals surface area (Å²) in [6, 6.07) is 58.7. The maximum atomic E-state index is 10.4. The Morgan fingerprint density at radius 2 is 0.771 bits per heavy atom. The van der Waals surface area contributed by atoms with Gasteiger partial charge in [0.1, 0.15) is 6.07 Å². The molecule has 9 rings (SSSR count). The highest BCUT2D eigenvalue weighted by Crippen LogP contribution is 2.38. The molecule has 2 heterocycles. The van der Waals surface area contributed by atoms with Crippen LogP contribution in [0.4, 0.5) is 0 Å². The lowest BCUT2D eigenvalue weighted by Gasteiger charge is -2.16. The van der Waals surface area contributed by atoms with Crippen LogP contribution in [0, 0.1) is 22.7 Å². The fourth-order valence-electron chi connectivity index (χ4n) is 7.32. The lowest BCUT2D eigenvalue weighted by molar-refractivity contribution is 1.17. The van der Waals surface area contributed by atoms with Gasteiger partial charge >= 0.3 is 0 Å². The van der Waals surface area contributed by atoms with Gasteiger partial charge in [0.25, 0.3) is 0 Å². The highest BCUT2D eigenvalue weighted by Gasteiger charge is 2.18. The van der Waals surface area contributed by atoms with Crippen molar-refractivity contribution in [1.82, 2.24) is 9.13 Å². The number of rotatable bonds is 4. The number of nitriles is 2. The van der Waals surface area contributed by atoms with E-state index in [2.05, 4.69) is 118 Å². The Morgan fingerprint density at radius 1 is 0.354 bits per heavy atom. The molecule has 4 nitrogen and oxygen atoms in total. The molecule has 9 aromatic rings. The minimum atomic E-state index is 0.545. The first-order valence-electron chi connectivity index (χ1n) is 15.9. The largest absolute Gasteiger partial charge is 0.309 e. The topological polar surface area (TPSA) is 57.4 Å². The number of aromatic nitrogens is 2. The van der Waals surface area contributed by atoms with Crippen molar-refractivity contribution < 1.29 is 0 Å². The molecule has 0 saturated heterocycles. The van der Waals surface area contributed by atoms with E-state index >= 15 is 0 Å². The van der Waals surface area contributed by atoms with Crippen LogP contribution >= 0.6 is 0 Å². The van der Waals surface area contributed by atoms with Gasteiger partial charge in [-0.25, -0.2) is 0 Å². The van der Waals surface area contributed by atoms with Gasteiger partial charge in [-0.15, -0.1) is 0 Å². The first kappa shape index (κ1) is 27.4. The summed E-state index contributed by atoms with van der Waals surface area (Å²) in [5.74, 6) is 0. The Morgan fingerprint density at radius 3 is 1.31 bits per heavy atom. The number of benzene rings is 7. The van der Waals surface area contributed by atoms with Gasteiger partial charge in [0, 0.05) is 27.1 Å². The number of hydrogen-bond acceptors (Lipinski definition) is 2. The summed E-state index contributed by atoms with van der Waals surface area (Å²) in [6.45, 7) is 0. The van der Waals surface area contributed by atoms with E-state index in [1.54, 1.807) is 0 Å². The molecular formula is C44H26N4. The number of hydrogen-bond donors (Lipinski definition) is 0. The summed E-state index contributed by atoms with van der Waals surface area (Å²) in [4.78, 5) is 0. The molecule has 7 aromatic carbocycles. The highest BCUT2D eigenvalue weighted by atomic mass is 15.0. The van der Waals surface area contributed by atoms with Crippen LogP contribution in [0.1, 0.15) is 11.1 Å². The molecule has 4 heteroatoms. The summed E-state index contributed by atoms with van der Waals surface area (Å²) < 4.78 is 4.47. The summed E-state index contributed by atoms with van der Waals surface area (Å²) >= 11 is 0. The van der Waals surface area contributed by atoms with Gasteiger partial charge in [0.15, 0.2) is 0 Å². The molecule has 0 N–H and O–H groups in total. The Labute approximate surface area is 277 Å². The molecule has 0 spiro atoms. The molecule has 0 saturated carbocycles. The standard InChI is InChI=1S/C44H26N4/c45-27-31-25-30(34-11-1-6-16-40(34)48-43-19-9-4-14-37(43)38-15-5-10-20-44(38)48)21-23-33(31)29-22-24-39(32(26-29)28-46)47-41-17-7-2-12-35(41)36-13-3-8-18-42(36)47/h1-26H. The normalized spacial score (nSPS) is 11.3. The molecule has 0 fully saturated rings. The van der Waals surface area contributed by atoms with E-state index < -0.39 is 0 Å². The monoisotopic (exact) mass is 610 g/mol. The first-order chi connectivity index (χ1) is 23.7. The summed E-state index contributed by atoms with van der Waals surface area (Å²) in [5, 5.41) is 25.5. The van der Waals surface area contributed by atoms with E-state index in [1.165, 1.54) is 10.8 Å². The molecule has 0 bridgehead atoms. The van der Waals surface area contributed by atoms with E-state index in [1.807, 2.05) is 60.7 Å². The summed E-state index contributed by atoms with van der Waals surface area (Å²) in [5.41, 5.74) is 10.9. The van der Waals surface area contributed by atoms with E-state index in [4.69, 9.17) is 0 Å².